The van der Waals surface area contributed by atoms with Gasteiger partial charge in [-0.15, -0.1) is 0 Å². The second-order valence-corrected chi connectivity index (χ2v) is 8.65. The normalized spacial score (nSPS) is 21.3. The first kappa shape index (κ1) is 16.3. The molecule has 3 rings (SSSR count). The molecule has 0 aliphatic carbocycles. The van der Waals surface area contributed by atoms with Gasteiger partial charge in [0.1, 0.15) is 12.2 Å². The molecule has 2 aromatic carbocycles. The highest BCUT2D eigenvalue weighted by Crippen LogP contribution is 2.54. The first-order valence-electron chi connectivity index (χ1n) is 8.54. The van der Waals surface area contributed by atoms with E-state index in [1.807, 2.05) is 0 Å². The molecule has 1 aliphatic heterocycles. The van der Waals surface area contributed by atoms with Crippen LogP contribution in [0.3, 0.4) is 0 Å². The average Bonchev–Trinajstić information content (AvgIpc) is 3.26. The van der Waals surface area contributed by atoms with Crippen LogP contribution in [0.1, 0.15) is 76.0 Å². The van der Waals surface area contributed by atoms with Gasteiger partial charge in [0.25, 0.3) is 0 Å². The number of rotatable bonds is 2. The van der Waals surface area contributed by atoms with Gasteiger partial charge in [-0.3, -0.25) is 0 Å². The average molecular weight is 308 g/mol. The Morgan fingerprint density at radius 2 is 0.957 bits per heavy atom. The Hall–Kier alpha value is -1.60. The number of benzene rings is 2. The molecule has 1 aliphatic rings. The fourth-order valence-corrected chi connectivity index (χ4v) is 3.44. The van der Waals surface area contributed by atoms with E-state index in [1.54, 1.807) is 0 Å². The Bertz CT molecular complexity index is 639. The number of epoxide rings is 1. The molecule has 1 nitrogen and oxygen atoms in total. The molecule has 2 unspecified atom stereocenters. The maximum absolute atomic E-state index is 6.16. The van der Waals surface area contributed by atoms with Gasteiger partial charge in [0, 0.05) is 0 Å². The first-order valence-corrected chi connectivity index (χ1v) is 8.54. The molecule has 1 heterocycles. The zero-order valence-corrected chi connectivity index (χ0v) is 15.2. The zero-order chi connectivity index (χ0) is 16.8. The van der Waals surface area contributed by atoms with Crippen molar-refractivity contribution in [1.82, 2.24) is 0 Å². The fourth-order valence-electron chi connectivity index (χ4n) is 3.44. The summed E-state index contributed by atoms with van der Waals surface area (Å²) in [4.78, 5) is 0. The van der Waals surface area contributed by atoms with Crippen molar-refractivity contribution < 1.29 is 4.74 Å². The first-order chi connectivity index (χ1) is 10.7. The monoisotopic (exact) mass is 308 g/mol. The van der Waals surface area contributed by atoms with Gasteiger partial charge in [-0.25, -0.2) is 0 Å². The van der Waals surface area contributed by atoms with E-state index in [-0.39, 0.29) is 23.0 Å². The van der Waals surface area contributed by atoms with Gasteiger partial charge in [-0.2, -0.15) is 0 Å². The van der Waals surface area contributed by atoms with Gasteiger partial charge >= 0.3 is 0 Å². The molecule has 122 valence electrons. The minimum atomic E-state index is 0.136. The standard InChI is InChI=1S/C22H28O/c1-21(2,3)17-13-9-7-11-15(17)19-20(23-19)16-12-8-10-14-18(16)22(4,5)6/h7-14,19-20H,1-6H3. The Morgan fingerprint density at radius 3 is 1.30 bits per heavy atom. The van der Waals surface area contributed by atoms with Crippen molar-refractivity contribution in [2.24, 2.45) is 0 Å². The van der Waals surface area contributed by atoms with Crippen LogP contribution in [-0.2, 0) is 15.6 Å². The van der Waals surface area contributed by atoms with Crippen LogP contribution in [0.2, 0.25) is 0 Å². The highest BCUT2D eigenvalue weighted by molar-refractivity contribution is 5.42. The molecule has 0 amide bonds. The Labute approximate surface area is 140 Å². The maximum atomic E-state index is 6.16. The van der Waals surface area contributed by atoms with Gasteiger partial charge in [-0.05, 0) is 33.1 Å². The van der Waals surface area contributed by atoms with Crippen molar-refractivity contribution in [3.63, 3.8) is 0 Å². The van der Waals surface area contributed by atoms with Crippen molar-refractivity contribution in [2.45, 2.75) is 64.6 Å². The summed E-state index contributed by atoms with van der Waals surface area (Å²) in [6, 6.07) is 17.4. The molecule has 23 heavy (non-hydrogen) atoms. The third-order valence-corrected chi connectivity index (χ3v) is 4.64. The van der Waals surface area contributed by atoms with Crippen molar-refractivity contribution in [3.8, 4) is 0 Å². The molecule has 0 saturated carbocycles. The lowest BCUT2D eigenvalue weighted by Crippen LogP contribution is -2.15. The summed E-state index contributed by atoms with van der Waals surface area (Å²) in [6.07, 6.45) is 0.378. The summed E-state index contributed by atoms with van der Waals surface area (Å²) in [5, 5.41) is 0. The maximum Gasteiger partial charge on any atom is 0.114 e. The van der Waals surface area contributed by atoms with Crippen LogP contribution in [-0.4, -0.2) is 0 Å². The summed E-state index contributed by atoms with van der Waals surface area (Å²) in [6.45, 7) is 13.6. The van der Waals surface area contributed by atoms with E-state index in [1.165, 1.54) is 22.3 Å². The van der Waals surface area contributed by atoms with Gasteiger partial charge in [-0.1, -0.05) is 90.1 Å². The fraction of sp³-hybridized carbons (Fsp3) is 0.455. The summed E-state index contributed by atoms with van der Waals surface area (Å²) in [5.74, 6) is 0. The van der Waals surface area contributed by atoms with Crippen LogP contribution < -0.4 is 0 Å². The predicted molar refractivity (Wildman–Crippen MR) is 96.9 cm³/mol. The highest BCUT2D eigenvalue weighted by Gasteiger charge is 2.45. The van der Waals surface area contributed by atoms with E-state index in [9.17, 15) is 0 Å². The van der Waals surface area contributed by atoms with Gasteiger partial charge in [0.2, 0.25) is 0 Å². The van der Waals surface area contributed by atoms with Crippen molar-refractivity contribution >= 4 is 0 Å². The molecule has 2 atom stereocenters. The van der Waals surface area contributed by atoms with Gasteiger partial charge in [0.05, 0.1) is 0 Å². The van der Waals surface area contributed by atoms with E-state index in [2.05, 4.69) is 90.1 Å². The molecule has 1 heteroatoms. The van der Waals surface area contributed by atoms with Crippen molar-refractivity contribution in [2.75, 3.05) is 0 Å². The SMILES string of the molecule is CC(C)(C)c1ccccc1C1OC1c1ccccc1C(C)(C)C. The Kier molecular flexibility index (Phi) is 3.88. The summed E-state index contributed by atoms with van der Waals surface area (Å²) in [5.41, 5.74) is 5.73. The zero-order valence-electron chi connectivity index (χ0n) is 15.2. The van der Waals surface area contributed by atoms with Crippen molar-refractivity contribution in [1.29, 1.82) is 0 Å². The summed E-state index contributed by atoms with van der Waals surface area (Å²) >= 11 is 0. The van der Waals surface area contributed by atoms with E-state index < -0.39 is 0 Å². The second kappa shape index (κ2) is 5.49. The smallest absolute Gasteiger partial charge is 0.114 e. The molecule has 0 aromatic heterocycles. The van der Waals surface area contributed by atoms with Crippen LogP contribution in [0.4, 0.5) is 0 Å². The minimum Gasteiger partial charge on any atom is -0.359 e. The molecule has 0 bridgehead atoms. The van der Waals surface area contributed by atoms with Gasteiger partial charge < -0.3 is 4.74 Å². The Morgan fingerprint density at radius 1 is 0.609 bits per heavy atom. The molecule has 1 saturated heterocycles. The number of hydrogen-bond donors (Lipinski definition) is 0. The van der Waals surface area contributed by atoms with Crippen molar-refractivity contribution in [3.05, 3.63) is 70.8 Å². The second-order valence-electron chi connectivity index (χ2n) is 8.65. The lowest BCUT2D eigenvalue weighted by Gasteiger charge is -2.23. The molecule has 0 radical (unpaired) electrons. The van der Waals surface area contributed by atoms with Crippen LogP contribution in [0.5, 0.6) is 0 Å². The quantitative estimate of drug-likeness (QED) is 0.611. The molecular weight excluding hydrogens is 280 g/mol. The summed E-state index contributed by atoms with van der Waals surface area (Å²) < 4.78 is 6.16. The largest absolute Gasteiger partial charge is 0.359 e. The highest BCUT2D eigenvalue weighted by atomic mass is 16.6. The third kappa shape index (κ3) is 3.21. The van der Waals surface area contributed by atoms with Crippen LogP contribution in [0.25, 0.3) is 0 Å². The lowest BCUT2D eigenvalue weighted by molar-refractivity contribution is 0.373. The molecule has 0 N–H and O–H groups in total. The molecular formula is C22H28O. The lowest BCUT2D eigenvalue weighted by atomic mass is 9.80. The van der Waals surface area contributed by atoms with E-state index in [0.717, 1.165) is 0 Å². The van der Waals surface area contributed by atoms with E-state index in [0.29, 0.717) is 0 Å². The molecule has 0 spiro atoms. The van der Waals surface area contributed by atoms with E-state index in [4.69, 9.17) is 4.74 Å². The van der Waals surface area contributed by atoms with E-state index >= 15 is 0 Å². The van der Waals surface area contributed by atoms with Crippen LogP contribution >= 0.6 is 0 Å². The molecule has 2 aromatic rings. The topological polar surface area (TPSA) is 12.5 Å². The molecule has 1 fully saturated rings. The van der Waals surface area contributed by atoms with Crippen LogP contribution in [0, 0.1) is 0 Å². The Balaban J connectivity index is 1.96. The predicted octanol–water partition coefficient (Wildman–Crippen LogP) is 6.09. The number of hydrogen-bond acceptors (Lipinski definition) is 1. The van der Waals surface area contributed by atoms with Gasteiger partial charge in [0.15, 0.2) is 0 Å². The third-order valence-electron chi connectivity index (χ3n) is 4.64. The summed E-state index contributed by atoms with van der Waals surface area (Å²) in [7, 11) is 0. The van der Waals surface area contributed by atoms with Crippen LogP contribution in [0.15, 0.2) is 48.5 Å². The number of ether oxygens (including phenoxy) is 1. The minimum absolute atomic E-state index is 0.136.